The molecule has 1 atom stereocenters. The Morgan fingerprint density at radius 3 is 2.58 bits per heavy atom. The van der Waals surface area contributed by atoms with Crippen molar-refractivity contribution in [1.82, 2.24) is 14.8 Å². The molecule has 1 fully saturated rings. The molecule has 6 heteroatoms. The zero-order valence-corrected chi connectivity index (χ0v) is 15.7. The molecule has 0 radical (unpaired) electrons. The summed E-state index contributed by atoms with van der Waals surface area (Å²) in [4.78, 5) is 26.9. The third-order valence-corrected chi connectivity index (χ3v) is 4.98. The van der Waals surface area contributed by atoms with Crippen LogP contribution >= 0.6 is 0 Å². The third kappa shape index (κ3) is 4.18. The minimum absolute atomic E-state index is 0.0134. The van der Waals surface area contributed by atoms with Crippen molar-refractivity contribution in [2.24, 2.45) is 0 Å². The highest BCUT2D eigenvalue weighted by Crippen LogP contribution is 2.16. The van der Waals surface area contributed by atoms with Crippen LogP contribution in [0.1, 0.15) is 46.8 Å². The summed E-state index contributed by atoms with van der Waals surface area (Å²) < 4.78 is 7.35. The monoisotopic (exact) mass is 357 g/mol. The molecular formula is C20H27N3O3. The zero-order chi connectivity index (χ0) is 18.7. The average molecular weight is 357 g/mol. The molecule has 140 valence electrons. The van der Waals surface area contributed by atoms with Gasteiger partial charge in [0.25, 0.3) is 5.91 Å². The molecule has 2 aromatic rings. The number of furan rings is 1. The van der Waals surface area contributed by atoms with Crippen LogP contribution in [0.4, 0.5) is 0 Å². The second kappa shape index (κ2) is 7.81. The topological polar surface area (TPSA) is 67.5 Å². The van der Waals surface area contributed by atoms with Crippen LogP contribution in [-0.4, -0.2) is 40.4 Å². The third-order valence-electron chi connectivity index (χ3n) is 4.98. The summed E-state index contributed by atoms with van der Waals surface area (Å²) in [6.07, 6.45) is 4.41. The molecule has 0 spiro atoms. The largest absolute Gasteiger partial charge is 0.459 e. The van der Waals surface area contributed by atoms with E-state index >= 15 is 0 Å². The number of hydrogen-bond acceptors (Lipinski definition) is 3. The second-order valence-electron chi connectivity index (χ2n) is 7.20. The Balaban J connectivity index is 1.62. The van der Waals surface area contributed by atoms with Crippen molar-refractivity contribution in [3.63, 3.8) is 0 Å². The highest BCUT2D eigenvalue weighted by molar-refractivity contribution is 5.91. The van der Waals surface area contributed by atoms with E-state index in [-0.39, 0.29) is 17.9 Å². The number of aryl methyl sites for hydroxylation is 3. The van der Waals surface area contributed by atoms with Gasteiger partial charge in [0.1, 0.15) is 6.54 Å². The first-order valence-corrected chi connectivity index (χ1v) is 9.20. The summed E-state index contributed by atoms with van der Waals surface area (Å²) in [5.74, 6) is 0.255. The maximum atomic E-state index is 12.7. The van der Waals surface area contributed by atoms with Gasteiger partial charge in [0.2, 0.25) is 5.91 Å². The molecule has 0 bridgehead atoms. The van der Waals surface area contributed by atoms with Crippen molar-refractivity contribution < 1.29 is 14.0 Å². The lowest BCUT2D eigenvalue weighted by Gasteiger charge is -2.24. The van der Waals surface area contributed by atoms with Crippen molar-refractivity contribution in [1.29, 1.82) is 0 Å². The lowest BCUT2D eigenvalue weighted by molar-refractivity contribution is -0.122. The number of carbonyl (C=O) groups is 2. The van der Waals surface area contributed by atoms with Gasteiger partial charge >= 0.3 is 0 Å². The zero-order valence-electron chi connectivity index (χ0n) is 15.7. The van der Waals surface area contributed by atoms with Crippen molar-refractivity contribution >= 4 is 11.8 Å². The van der Waals surface area contributed by atoms with Crippen LogP contribution in [0, 0.1) is 20.8 Å². The molecule has 0 aliphatic carbocycles. The molecule has 0 saturated carbocycles. The second-order valence-corrected chi connectivity index (χ2v) is 7.20. The molecule has 1 saturated heterocycles. The lowest BCUT2D eigenvalue weighted by atomic mass is 10.1. The molecule has 3 rings (SSSR count). The first-order valence-electron chi connectivity index (χ1n) is 9.20. The van der Waals surface area contributed by atoms with Gasteiger partial charge in [-0.05, 0) is 63.8 Å². The van der Waals surface area contributed by atoms with Crippen LogP contribution in [-0.2, 0) is 11.3 Å². The van der Waals surface area contributed by atoms with E-state index in [1.54, 1.807) is 17.2 Å². The number of hydrogen-bond donors (Lipinski definition) is 1. The average Bonchev–Trinajstić information content (AvgIpc) is 3.07. The maximum Gasteiger partial charge on any atom is 0.289 e. The van der Waals surface area contributed by atoms with E-state index in [1.165, 1.54) is 0 Å². The summed E-state index contributed by atoms with van der Waals surface area (Å²) in [6.45, 7) is 7.42. The van der Waals surface area contributed by atoms with Gasteiger partial charge in [0.05, 0.1) is 6.26 Å². The summed E-state index contributed by atoms with van der Waals surface area (Å²) >= 11 is 0. The van der Waals surface area contributed by atoms with E-state index in [0.717, 1.165) is 36.2 Å². The predicted molar refractivity (Wildman–Crippen MR) is 99.0 cm³/mol. The maximum absolute atomic E-state index is 12.7. The van der Waals surface area contributed by atoms with Gasteiger partial charge in [-0.25, -0.2) is 0 Å². The number of carbonyl (C=O) groups excluding carboxylic acids is 2. The number of aromatic nitrogens is 1. The van der Waals surface area contributed by atoms with Crippen LogP contribution < -0.4 is 5.32 Å². The Bertz CT molecular complexity index is 771. The highest BCUT2D eigenvalue weighted by atomic mass is 16.3. The van der Waals surface area contributed by atoms with Crippen LogP contribution in [0.15, 0.2) is 28.9 Å². The lowest BCUT2D eigenvalue weighted by Crippen LogP contribution is -2.45. The minimum Gasteiger partial charge on any atom is -0.459 e. The Kier molecular flexibility index (Phi) is 5.49. The standard InChI is InChI=1S/C20H27N3O3/c1-14-10-18(26-13-14)20(25)22-9-5-4-6-17(11-22)21-19(24)12-23-15(2)7-8-16(23)3/h7-8,10,13,17H,4-6,9,11-12H2,1-3H3,(H,21,24). The fraction of sp³-hybridized carbons (Fsp3) is 0.500. The van der Waals surface area contributed by atoms with Gasteiger partial charge in [-0.2, -0.15) is 0 Å². The molecule has 3 heterocycles. The number of nitrogens with one attached hydrogen (secondary N) is 1. The molecule has 1 aliphatic rings. The van der Waals surface area contributed by atoms with Crippen LogP contribution in [0.5, 0.6) is 0 Å². The molecule has 0 aromatic carbocycles. The fourth-order valence-electron chi connectivity index (χ4n) is 3.51. The molecule has 2 aromatic heterocycles. The van der Waals surface area contributed by atoms with Crippen molar-refractivity contribution in [2.75, 3.05) is 13.1 Å². The van der Waals surface area contributed by atoms with Gasteiger partial charge in [-0.1, -0.05) is 0 Å². The van der Waals surface area contributed by atoms with Gasteiger partial charge < -0.3 is 19.2 Å². The van der Waals surface area contributed by atoms with E-state index in [1.807, 2.05) is 37.5 Å². The first-order chi connectivity index (χ1) is 12.4. The van der Waals surface area contributed by atoms with Crippen LogP contribution in [0.2, 0.25) is 0 Å². The van der Waals surface area contributed by atoms with Gasteiger partial charge in [0.15, 0.2) is 5.76 Å². The first kappa shape index (κ1) is 18.3. The quantitative estimate of drug-likeness (QED) is 0.915. The van der Waals surface area contributed by atoms with E-state index in [4.69, 9.17) is 4.42 Å². The van der Waals surface area contributed by atoms with Gasteiger partial charge in [-0.15, -0.1) is 0 Å². The Labute approximate surface area is 154 Å². The van der Waals surface area contributed by atoms with E-state index < -0.39 is 0 Å². The number of rotatable bonds is 4. The molecular weight excluding hydrogens is 330 g/mol. The summed E-state index contributed by atoms with van der Waals surface area (Å²) in [6, 6.07) is 5.76. The molecule has 1 unspecified atom stereocenters. The SMILES string of the molecule is Cc1coc(C(=O)N2CCCCC(NC(=O)Cn3c(C)ccc3C)C2)c1. The molecule has 1 aliphatic heterocycles. The summed E-state index contributed by atoms with van der Waals surface area (Å²) in [5.41, 5.74) is 3.08. The van der Waals surface area contributed by atoms with Crippen molar-refractivity contribution in [3.8, 4) is 0 Å². The van der Waals surface area contributed by atoms with E-state index in [9.17, 15) is 9.59 Å². The summed E-state index contributed by atoms with van der Waals surface area (Å²) in [5, 5.41) is 3.11. The van der Waals surface area contributed by atoms with Gasteiger partial charge in [-0.3, -0.25) is 9.59 Å². The number of likely N-dealkylation sites (tertiary alicyclic amines) is 1. The van der Waals surface area contributed by atoms with E-state index in [2.05, 4.69) is 5.32 Å². The van der Waals surface area contributed by atoms with Crippen molar-refractivity contribution in [2.45, 2.75) is 52.6 Å². The molecule has 6 nitrogen and oxygen atoms in total. The molecule has 1 N–H and O–H groups in total. The number of nitrogens with zero attached hydrogens (tertiary/aromatic N) is 2. The summed E-state index contributed by atoms with van der Waals surface area (Å²) in [7, 11) is 0. The van der Waals surface area contributed by atoms with Crippen LogP contribution in [0.25, 0.3) is 0 Å². The molecule has 2 amide bonds. The van der Waals surface area contributed by atoms with Crippen molar-refractivity contribution in [3.05, 3.63) is 47.2 Å². The number of amides is 2. The van der Waals surface area contributed by atoms with Gasteiger partial charge in [0, 0.05) is 30.5 Å². The molecule has 26 heavy (non-hydrogen) atoms. The minimum atomic E-state index is -0.101. The Hall–Kier alpha value is -2.50. The van der Waals surface area contributed by atoms with Crippen LogP contribution in [0.3, 0.4) is 0 Å². The highest BCUT2D eigenvalue weighted by Gasteiger charge is 2.25. The fourth-order valence-corrected chi connectivity index (χ4v) is 3.51. The normalized spacial score (nSPS) is 17.8. The van der Waals surface area contributed by atoms with E-state index in [0.29, 0.717) is 25.4 Å². The smallest absolute Gasteiger partial charge is 0.289 e. The Morgan fingerprint density at radius 1 is 1.19 bits per heavy atom. The predicted octanol–water partition coefficient (Wildman–Crippen LogP) is 2.82. The Morgan fingerprint density at radius 2 is 1.92 bits per heavy atom.